The van der Waals surface area contributed by atoms with Gasteiger partial charge in [0, 0.05) is 21.8 Å². The number of benzene rings is 1. The van der Waals surface area contributed by atoms with Gasteiger partial charge < -0.3 is 13.6 Å². The normalized spacial score (nSPS) is 10.9. The maximum Gasteiger partial charge on any atom is 0.433 e. The fourth-order valence-electron chi connectivity index (χ4n) is 2.34. The van der Waals surface area contributed by atoms with Crippen LogP contribution < -0.4 is 10.4 Å². The van der Waals surface area contributed by atoms with E-state index in [1.807, 2.05) is 6.92 Å². The van der Waals surface area contributed by atoms with Crippen molar-refractivity contribution < 1.29 is 18.5 Å². The molecule has 0 saturated carbocycles. The van der Waals surface area contributed by atoms with E-state index in [1.165, 1.54) is 12.1 Å². The van der Waals surface area contributed by atoms with E-state index in [4.69, 9.17) is 13.6 Å². The lowest BCUT2D eigenvalue weighted by molar-refractivity contribution is -0.402. The highest BCUT2D eigenvalue weighted by atomic mass is 79.9. The zero-order valence-electron chi connectivity index (χ0n) is 12.6. The number of hydrogen-bond acceptors (Lipinski definition) is 6. The summed E-state index contributed by atoms with van der Waals surface area (Å²) in [4.78, 5) is 22.2. The molecular formula is C16H12BrNO6. The van der Waals surface area contributed by atoms with E-state index in [2.05, 4.69) is 15.9 Å². The largest absolute Gasteiger partial charge is 0.490 e. The minimum Gasteiger partial charge on any atom is -0.490 e. The summed E-state index contributed by atoms with van der Waals surface area (Å²) >= 11 is 3.39. The van der Waals surface area contributed by atoms with Gasteiger partial charge in [-0.2, -0.15) is 0 Å². The zero-order chi connectivity index (χ0) is 17.3. The van der Waals surface area contributed by atoms with Crippen molar-refractivity contribution >= 4 is 32.8 Å². The molecule has 0 spiro atoms. The number of halogens is 1. The van der Waals surface area contributed by atoms with Crippen LogP contribution >= 0.6 is 15.9 Å². The summed E-state index contributed by atoms with van der Waals surface area (Å²) < 4.78 is 16.7. The molecule has 2 heterocycles. The number of furan rings is 1. The predicted octanol–water partition coefficient (Wildman–Crippen LogP) is 4.05. The van der Waals surface area contributed by atoms with Crippen LogP contribution in [-0.2, 0) is 6.42 Å². The lowest BCUT2D eigenvalue weighted by atomic mass is 10.1. The lowest BCUT2D eigenvalue weighted by Crippen LogP contribution is -2.08. The Balaban J connectivity index is 2.04. The molecule has 8 heteroatoms. The Hall–Kier alpha value is -2.61. The van der Waals surface area contributed by atoms with Gasteiger partial charge in [-0.3, -0.25) is 10.1 Å². The first-order chi connectivity index (χ1) is 11.5. The highest BCUT2D eigenvalue weighted by Crippen LogP contribution is 2.30. The molecule has 0 amide bonds. The fraction of sp³-hybridized carbons (Fsp3) is 0.188. The van der Waals surface area contributed by atoms with Crippen molar-refractivity contribution in [2.75, 3.05) is 6.61 Å². The molecule has 24 heavy (non-hydrogen) atoms. The Bertz CT molecular complexity index is 974. The van der Waals surface area contributed by atoms with Crippen LogP contribution in [0.5, 0.6) is 5.75 Å². The summed E-state index contributed by atoms with van der Waals surface area (Å²) in [6.45, 7) is 2.27. The number of rotatable bonds is 5. The number of nitrogens with zero attached hydrogens (tertiary/aromatic N) is 1. The molecule has 124 valence electrons. The van der Waals surface area contributed by atoms with Crippen LogP contribution in [0.3, 0.4) is 0 Å². The van der Waals surface area contributed by atoms with Gasteiger partial charge in [-0.25, -0.2) is 4.79 Å². The molecule has 0 radical (unpaired) electrons. The maximum absolute atomic E-state index is 12.2. The highest BCUT2D eigenvalue weighted by Gasteiger charge is 2.16. The Morgan fingerprint density at radius 3 is 2.71 bits per heavy atom. The van der Waals surface area contributed by atoms with Crippen molar-refractivity contribution in [1.29, 1.82) is 0 Å². The summed E-state index contributed by atoms with van der Waals surface area (Å²) in [5.74, 6) is 0.420. The second-order valence-electron chi connectivity index (χ2n) is 4.99. The van der Waals surface area contributed by atoms with Crippen molar-refractivity contribution in [2.45, 2.75) is 13.3 Å². The standard InChI is InChI=1S/C16H12BrNO6/c1-2-22-13-8-11(17)6-9-5-10(16(19)24-15(9)13)7-12-3-4-14(23-12)18(20)21/h3-6,8H,2,7H2,1H3. The van der Waals surface area contributed by atoms with E-state index in [-0.39, 0.29) is 12.3 Å². The molecule has 0 bridgehead atoms. The smallest absolute Gasteiger partial charge is 0.433 e. The van der Waals surface area contributed by atoms with Gasteiger partial charge in [-0.05, 0) is 31.2 Å². The Morgan fingerprint density at radius 1 is 1.25 bits per heavy atom. The van der Waals surface area contributed by atoms with Crippen molar-refractivity contribution in [2.24, 2.45) is 0 Å². The molecule has 0 aliphatic heterocycles. The minimum atomic E-state index is -0.627. The van der Waals surface area contributed by atoms with Crippen LogP contribution in [0.15, 0.2) is 48.4 Å². The molecule has 0 saturated heterocycles. The average molecular weight is 394 g/mol. The van der Waals surface area contributed by atoms with Gasteiger partial charge in [0.2, 0.25) is 0 Å². The molecule has 3 rings (SSSR count). The Kier molecular flexibility index (Phi) is 4.39. The van der Waals surface area contributed by atoms with Gasteiger partial charge in [0.05, 0.1) is 12.7 Å². The summed E-state index contributed by atoms with van der Waals surface area (Å²) in [6, 6.07) is 7.91. The third-order valence-corrected chi connectivity index (χ3v) is 3.78. The second kappa shape index (κ2) is 6.48. The van der Waals surface area contributed by atoms with Gasteiger partial charge in [-0.15, -0.1) is 0 Å². The average Bonchev–Trinajstić information content (AvgIpc) is 2.98. The van der Waals surface area contributed by atoms with Crippen molar-refractivity contribution in [3.63, 3.8) is 0 Å². The lowest BCUT2D eigenvalue weighted by Gasteiger charge is -2.08. The van der Waals surface area contributed by atoms with Gasteiger partial charge in [0.1, 0.15) is 10.7 Å². The van der Waals surface area contributed by atoms with E-state index in [0.717, 1.165) is 4.47 Å². The molecule has 2 aromatic heterocycles. The zero-order valence-corrected chi connectivity index (χ0v) is 14.2. The molecule has 1 aromatic carbocycles. The summed E-state index contributed by atoms with van der Waals surface area (Å²) in [5.41, 5.74) is 0.163. The minimum absolute atomic E-state index is 0.0998. The third-order valence-electron chi connectivity index (χ3n) is 3.33. The van der Waals surface area contributed by atoms with Crippen LogP contribution in [0.4, 0.5) is 5.88 Å². The van der Waals surface area contributed by atoms with Gasteiger partial charge in [0.25, 0.3) is 0 Å². The fourth-order valence-corrected chi connectivity index (χ4v) is 2.80. The van der Waals surface area contributed by atoms with E-state index >= 15 is 0 Å². The van der Waals surface area contributed by atoms with Gasteiger partial charge in [-0.1, -0.05) is 15.9 Å². The third kappa shape index (κ3) is 3.18. The monoisotopic (exact) mass is 393 g/mol. The second-order valence-corrected chi connectivity index (χ2v) is 5.90. The molecule has 0 aliphatic rings. The van der Waals surface area contributed by atoms with Gasteiger partial charge >= 0.3 is 11.5 Å². The maximum atomic E-state index is 12.2. The van der Waals surface area contributed by atoms with Crippen molar-refractivity contribution in [3.05, 3.63) is 66.7 Å². The van der Waals surface area contributed by atoms with Crippen molar-refractivity contribution in [1.82, 2.24) is 0 Å². The number of ether oxygens (including phenoxy) is 1. The molecule has 0 unspecified atom stereocenters. The first-order valence-electron chi connectivity index (χ1n) is 7.10. The molecule has 7 nitrogen and oxygen atoms in total. The summed E-state index contributed by atoms with van der Waals surface area (Å²) in [7, 11) is 0. The highest BCUT2D eigenvalue weighted by molar-refractivity contribution is 9.10. The van der Waals surface area contributed by atoms with E-state index < -0.39 is 10.5 Å². The molecule has 0 N–H and O–H groups in total. The number of nitro groups is 1. The van der Waals surface area contributed by atoms with Crippen LogP contribution in [0.2, 0.25) is 0 Å². The van der Waals surface area contributed by atoms with E-state index in [0.29, 0.717) is 34.6 Å². The van der Waals surface area contributed by atoms with Crippen LogP contribution in [0.25, 0.3) is 11.0 Å². The Morgan fingerprint density at radius 2 is 2.04 bits per heavy atom. The van der Waals surface area contributed by atoms with Crippen molar-refractivity contribution in [3.8, 4) is 5.75 Å². The van der Waals surface area contributed by atoms with E-state index in [1.54, 1.807) is 18.2 Å². The summed E-state index contributed by atoms with van der Waals surface area (Å²) in [6.07, 6.45) is 0.0998. The molecular weight excluding hydrogens is 382 g/mol. The van der Waals surface area contributed by atoms with E-state index in [9.17, 15) is 14.9 Å². The molecule has 0 aliphatic carbocycles. The number of hydrogen-bond donors (Lipinski definition) is 0. The molecule has 0 fully saturated rings. The molecule has 3 aromatic rings. The van der Waals surface area contributed by atoms with Crippen LogP contribution in [-0.4, -0.2) is 11.5 Å². The number of fused-ring (bicyclic) bond motifs is 1. The van der Waals surface area contributed by atoms with Crippen LogP contribution in [0.1, 0.15) is 18.2 Å². The topological polar surface area (TPSA) is 95.7 Å². The first-order valence-corrected chi connectivity index (χ1v) is 7.89. The SMILES string of the molecule is CCOc1cc(Br)cc2cc(Cc3ccc([N+](=O)[O-])o3)c(=O)oc12. The first kappa shape index (κ1) is 16.3. The van der Waals surface area contributed by atoms with Gasteiger partial charge in [0.15, 0.2) is 11.3 Å². The quantitative estimate of drug-likeness (QED) is 0.368. The predicted molar refractivity (Wildman–Crippen MR) is 89.5 cm³/mol. The summed E-state index contributed by atoms with van der Waals surface area (Å²) in [5, 5.41) is 11.3. The molecule has 0 atom stereocenters. The Labute approximate surface area is 144 Å². The van der Waals surface area contributed by atoms with Crippen LogP contribution in [0, 0.1) is 10.1 Å².